The number of benzene rings is 4. The van der Waals surface area contributed by atoms with Crippen molar-refractivity contribution in [3.63, 3.8) is 0 Å². The Labute approximate surface area is 235 Å². The Kier molecular flexibility index (Phi) is 5.04. The standard InChI is InChI=1S/C37H43N/c1-24-14-11-15-25(20-24)29-16-12-18-31-33(29)34-30(37(8,9)10)17-13-19-32(34)38(31)28-22-26(35(2,3)4)21-27(23-28)36(5,6)7/h11-23H,1-10H3/i11D,14D,15D,20D. The molecule has 5 aromatic rings. The molecule has 0 aliphatic heterocycles. The first kappa shape index (κ1) is 21.6. The molecule has 0 fully saturated rings. The van der Waals surface area contributed by atoms with E-state index in [4.69, 9.17) is 5.48 Å². The van der Waals surface area contributed by atoms with Crippen LogP contribution in [0.15, 0.2) is 78.8 Å². The predicted octanol–water partition coefficient (Wildman–Crippen LogP) is 10.7. The summed E-state index contributed by atoms with van der Waals surface area (Å²) in [5.41, 5.74) is 8.26. The molecule has 5 rings (SSSR count). The zero-order valence-corrected chi connectivity index (χ0v) is 24.6. The Morgan fingerprint density at radius 1 is 0.658 bits per heavy atom. The van der Waals surface area contributed by atoms with Gasteiger partial charge in [0.2, 0.25) is 0 Å². The largest absolute Gasteiger partial charge is 0.309 e. The van der Waals surface area contributed by atoms with Gasteiger partial charge in [0.1, 0.15) is 0 Å². The van der Waals surface area contributed by atoms with Crippen molar-refractivity contribution in [2.24, 2.45) is 0 Å². The summed E-state index contributed by atoms with van der Waals surface area (Å²) < 4.78 is 37.1. The van der Waals surface area contributed by atoms with E-state index >= 15 is 0 Å². The first-order valence-corrected chi connectivity index (χ1v) is 13.6. The minimum Gasteiger partial charge on any atom is -0.309 e. The Morgan fingerprint density at radius 3 is 1.82 bits per heavy atom. The van der Waals surface area contributed by atoms with Crippen molar-refractivity contribution in [1.29, 1.82) is 0 Å². The highest BCUT2D eigenvalue weighted by Gasteiger charge is 2.26. The molecule has 38 heavy (non-hydrogen) atoms. The van der Waals surface area contributed by atoms with Crippen molar-refractivity contribution in [3.05, 3.63) is 101 Å². The summed E-state index contributed by atoms with van der Waals surface area (Å²) in [5.74, 6) is 0. The van der Waals surface area contributed by atoms with Crippen LogP contribution in [0.25, 0.3) is 38.6 Å². The SMILES string of the molecule is [2H]c1c([2H])c(C)c([2H])c(-c2cccc3c2c2c(C(C)(C)C)cccc2n3-c2cc(C(C)(C)C)cc(C(C)(C)C)c2)c1[2H]. The molecule has 0 saturated carbocycles. The average molecular weight is 506 g/mol. The third-order valence-corrected chi connectivity index (χ3v) is 7.55. The van der Waals surface area contributed by atoms with Crippen LogP contribution >= 0.6 is 0 Å². The van der Waals surface area contributed by atoms with Gasteiger partial charge in [0.15, 0.2) is 0 Å². The van der Waals surface area contributed by atoms with E-state index in [9.17, 15) is 0 Å². The van der Waals surface area contributed by atoms with E-state index in [1.54, 1.807) is 6.92 Å². The number of hydrogen-bond donors (Lipinski definition) is 0. The summed E-state index contributed by atoms with van der Waals surface area (Å²) in [6, 6.07) is 19.4. The van der Waals surface area contributed by atoms with Gasteiger partial charge in [-0.1, -0.05) is 122 Å². The first-order chi connectivity index (χ1) is 19.3. The summed E-state index contributed by atoms with van der Waals surface area (Å²) >= 11 is 0. The zero-order valence-electron chi connectivity index (χ0n) is 28.6. The fraction of sp³-hybridized carbons (Fsp3) is 0.351. The van der Waals surface area contributed by atoms with Crippen molar-refractivity contribution >= 4 is 21.8 Å². The first-order valence-electron chi connectivity index (χ1n) is 15.6. The van der Waals surface area contributed by atoms with Crippen molar-refractivity contribution in [2.45, 2.75) is 85.5 Å². The van der Waals surface area contributed by atoms with Crippen LogP contribution in [0.4, 0.5) is 0 Å². The molecule has 0 radical (unpaired) electrons. The van der Waals surface area contributed by atoms with Crippen molar-refractivity contribution in [1.82, 2.24) is 4.57 Å². The second-order valence-electron chi connectivity index (χ2n) is 13.8. The molecule has 0 aliphatic rings. The lowest BCUT2D eigenvalue weighted by Gasteiger charge is -2.27. The van der Waals surface area contributed by atoms with E-state index in [1.165, 1.54) is 16.7 Å². The molecule has 1 heteroatoms. The molecule has 4 aromatic carbocycles. The van der Waals surface area contributed by atoms with Gasteiger partial charge in [0.25, 0.3) is 0 Å². The Bertz CT molecular complexity index is 1810. The van der Waals surface area contributed by atoms with Gasteiger partial charge in [0.05, 0.1) is 16.5 Å². The smallest absolute Gasteiger partial charge is 0.0632 e. The van der Waals surface area contributed by atoms with Crippen LogP contribution in [0.1, 0.15) is 90.1 Å². The van der Waals surface area contributed by atoms with Crippen LogP contribution in [-0.2, 0) is 16.2 Å². The second kappa shape index (κ2) is 8.87. The molecule has 0 spiro atoms. The van der Waals surface area contributed by atoms with Crippen molar-refractivity contribution in [3.8, 4) is 16.8 Å². The quantitative estimate of drug-likeness (QED) is 0.225. The van der Waals surface area contributed by atoms with E-state index in [1.807, 2.05) is 12.1 Å². The van der Waals surface area contributed by atoms with Crippen molar-refractivity contribution < 1.29 is 5.48 Å². The monoisotopic (exact) mass is 505 g/mol. The van der Waals surface area contributed by atoms with Gasteiger partial charge >= 0.3 is 0 Å². The van der Waals surface area contributed by atoms with Crippen LogP contribution in [0, 0.1) is 6.92 Å². The number of nitrogens with zero attached hydrogens (tertiary/aromatic N) is 1. The molecular formula is C37H43N. The van der Waals surface area contributed by atoms with E-state index in [2.05, 4.69) is 109 Å². The molecule has 1 aromatic heterocycles. The van der Waals surface area contributed by atoms with Crippen LogP contribution in [0.2, 0.25) is 0 Å². The Balaban J connectivity index is 2.04. The number of aromatic nitrogens is 1. The minimum atomic E-state index is -0.162. The van der Waals surface area contributed by atoms with Crippen LogP contribution in [-0.4, -0.2) is 4.57 Å². The fourth-order valence-electron chi connectivity index (χ4n) is 5.40. The Morgan fingerprint density at radius 2 is 1.24 bits per heavy atom. The molecule has 1 heterocycles. The highest BCUT2D eigenvalue weighted by Crippen LogP contribution is 2.44. The highest BCUT2D eigenvalue weighted by molar-refractivity contribution is 6.17. The summed E-state index contributed by atoms with van der Waals surface area (Å²) in [4.78, 5) is 0. The number of rotatable bonds is 2. The fourth-order valence-corrected chi connectivity index (χ4v) is 5.40. The van der Waals surface area contributed by atoms with Gasteiger partial charge in [-0.15, -0.1) is 0 Å². The van der Waals surface area contributed by atoms with Crippen LogP contribution in [0.3, 0.4) is 0 Å². The Hall–Kier alpha value is -3.32. The van der Waals surface area contributed by atoms with Gasteiger partial charge < -0.3 is 4.57 Å². The second-order valence-corrected chi connectivity index (χ2v) is 13.8. The van der Waals surface area contributed by atoms with E-state index in [0.717, 1.165) is 33.1 Å². The van der Waals surface area contributed by atoms with Gasteiger partial charge in [-0.3, -0.25) is 0 Å². The van der Waals surface area contributed by atoms with Gasteiger partial charge in [-0.2, -0.15) is 0 Å². The predicted molar refractivity (Wildman–Crippen MR) is 167 cm³/mol. The molecule has 0 aliphatic carbocycles. The highest BCUT2D eigenvalue weighted by atomic mass is 15.0. The van der Waals surface area contributed by atoms with E-state index in [0.29, 0.717) is 11.1 Å². The number of hydrogen-bond acceptors (Lipinski definition) is 0. The normalized spacial score (nSPS) is 14.5. The lowest BCUT2D eigenvalue weighted by atomic mass is 9.80. The molecule has 0 N–H and O–H groups in total. The topological polar surface area (TPSA) is 4.93 Å². The average Bonchev–Trinajstić information content (AvgIpc) is 3.24. The molecule has 0 atom stereocenters. The molecule has 0 unspecified atom stereocenters. The molecular weight excluding hydrogens is 458 g/mol. The van der Waals surface area contributed by atoms with Gasteiger partial charge in [-0.05, 0) is 75.3 Å². The lowest BCUT2D eigenvalue weighted by molar-refractivity contribution is 0.568. The maximum Gasteiger partial charge on any atom is 0.0632 e. The summed E-state index contributed by atoms with van der Waals surface area (Å²) in [7, 11) is 0. The van der Waals surface area contributed by atoms with Crippen LogP contribution in [0.5, 0.6) is 0 Å². The minimum absolute atomic E-state index is 0.0448. The van der Waals surface area contributed by atoms with Gasteiger partial charge in [-0.25, -0.2) is 0 Å². The third-order valence-electron chi connectivity index (χ3n) is 7.55. The summed E-state index contributed by atoms with van der Waals surface area (Å²) in [6.45, 7) is 21.9. The maximum atomic E-state index is 9.01. The van der Waals surface area contributed by atoms with Crippen molar-refractivity contribution in [2.75, 3.05) is 0 Å². The van der Waals surface area contributed by atoms with Gasteiger partial charge in [0, 0.05) is 16.5 Å². The number of fused-ring (bicyclic) bond motifs is 3. The molecule has 196 valence electrons. The van der Waals surface area contributed by atoms with Crippen LogP contribution < -0.4 is 0 Å². The molecule has 0 amide bonds. The summed E-state index contributed by atoms with van der Waals surface area (Å²) in [5, 5.41) is 2.09. The molecule has 1 nitrogen and oxygen atoms in total. The molecule has 0 saturated heterocycles. The van der Waals surface area contributed by atoms with E-state index < -0.39 is 0 Å². The third kappa shape index (κ3) is 4.57. The molecule has 0 bridgehead atoms. The summed E-state index contributed by atoms with van der Waals surface area (Å²) in [6.07, 6.45) is 0. The van der Waals surface area contributed by atoms with E-state index in [-0.39, 0.29) is 40.4 Å². The maximum absolute atomic E-state index is 9.01. The lowest BCUT2D eigenvalue weighted by Crippen LogP contribution is -2.17. The zero-order chi connectivity index (χ0) is 31.1.